The molecule has 16 heavy (non-hydrogen) atoms. The van der Waals surface area contributed by atoms with E-state index >= 15 is 0 Å². The van der Waals surface area contributed by atoms with E-state index in [9.17, 15) is 4.79 Å². The SMILES string of the molecule is NC1CCC(C(=O)OCC2CCCCO2)C1. The third kappa shape index (κ3) is 3.19. The summed E-state index contributed by atoms with van der Waals surface area (Å²) in [6, 6.07) is 0.184. The molecule has 2 N–H and O–H groups in total. The third-order valence-electron chi connectivity index (χ3n) is 3.49. The predicted molar refractivity (Wildman–Crippen MR) is 59.9 cm³/mol. The fourth-order valence-corrected chi connectivity index (χ4v) is 2.46. The Morgan fingerprint density at radius 2 is 2.19 bits per heavy atom. The second-order valence-corrected chi connectivity index (χ2v) is 4.89. The van der Waals surface area contributed by atoms with Crippen LogP contribution in [0.4, 0.5) is 0 Å². The van der Waals surface area contributed by atoms with E-state index in [4.69, 9.17) is 15.2 Å². The lowest BCUT2D eigenvalue weighted by Crippen LogP contribution is -2.28. The van der Waals surface area contributed by atoms with Crippen LogP contribution < -0.4 is 5.73 Å². The van der Waals surface area contributed by atoms with Gasteiger partial charge in [0, 0.05) is 12.6 Å². The van der Waals surface area contributed by atoms with Crippen molar-refractivity contribution in [3.8, 4) is 0 Å². The summed E-state index contributed by atoms with van der Waals surface area (Å²) in [7, 11) is 0. The number of hydrogen-bond acceptors (Lipinski definition) is 4. The van der Waals surface area contributed by atoms with E-state index in [-0.39, 0.29) is 24.0 Å². The first-order valence-electron chi connectivity index (χ1n) is 6.29. The molecule has 1 aliphatic heterocycles. The van der Waals surface area contributed by atoms with Crippen molar-refractivity contribution in [2.24, 2.45) is 11.7 Å². The number of carbonyl (C=O) groups is 1. The molecule has 0 aromatic heterocycles. The standard InChI is InChI=1S/C12H21NO3/c13-10-5-4-9(7-10)12(14)16-8-11-3-1-2-6-15-11/h9-11H,1-8,13H2. The molecule has 0 bridgehead atoms. The van der Waals surface area contributed by atoms with Crippen LogP contribution in [0.3, 0.4) is 0 Å². The van der Waals surface area contributed by atoms with Crippen LogP contribution in [0.1, 0.15) is 38.5 Å². The van der Waals surface area contributed by atoms with Gasteiger partial charge in [-0.25, -0.2) is 0 Å². The molecule has 0 spiro atoms. The first-order valence-corrected chi connectivity index (χ1v) is 6.29. The Morgan fingerprint density at radius 3 is 2.81 bits per heavy atom. The smallest absolute Gasteiger partial charge is 0.309 e. The second kappa shape index (κ2) is 5.64. The minimum atomic E-state index is -0.0814. The molecule has 92 valence electrons. The molecule has 0 aromatic rings. The number of esters is 1. The van der Waals surface area contributed by atoms with Gasteiger partial charge in [-0.15, -0.1) is 0 Å². The van der Waals surface area contributed by atoms with Crippen LogP contribution >= 0.6 is 0 Å². The third-order valence-corrected chi connectivity index (χ3v) is 3.49. The van der Waals surface area contributed by atoms with Crippen LogP contribution in [0.25, 0.3) is 0 Å². The zero-order valence-corrected chi connectivity index (χ0v) is 9.69. The normalized spacial score (nSPS) is 34.9. The molecule has 3 atom stereocenters. The summed E-state index contributed by atoms with van der Waals surface area (Å²) in [5.74, 6) is -0.0549. The maximum atomic E-state index is 11.7. The zero-order valence-electron chi connectivity index (χ0n) is 9.69. The van der Waals surface area contributed by atoms with Gasteiger partial charge in [0.1, 0.15) is 6.61 Å². The lowest BCUT2D eigenvalue weighted by Gasteiger charge is -2.22. The molecule has 3 unspecified atom stereocenters. The molecule has 0 radical (unpaired) electrons. The highest BCUT2D eigenvalue weighted by Crippen LogP contribution is 2.25. The van der Waals surface area contributed by atoms with E-state index in [1.807, 2.05) is 0 Å². The minimum Gasteiger partial charge on any atom is -0.463 e. The van der Waals surface area contributed by atoms with Crippen LogP contribution in [-0.2, 0) is 14.3 Å². The van der Waals surface area contributed by atoms with Crippen LogP contribution in [0.2, 0.25) is 0 Å². The van der Waals surface area contributed by atoms with Crippen LogP contribution in [0.5, 0.6) is 0 Å². The molecule has 1 aliphatic carbocycles. The highest BCUT2D eigenvalue weighted by molar-refractivity contribution is 5.72. The first kappa shape index (κ1) is 11.9. The van der Waals surface area contributed by atoms with Crippen molar-refractivity contribution in [3.63, 3.8) is 0 Å². The lowest BCUT2D eigenvalue weighted by molar-refractivity contribution is -0.153. The summed E-state index contributed by atoms with van der Waals surface area (Å²) < 4.78 is 10.8. The molecule has 4 nitrogen and oxygen atoms in total. The Labute approximate surface area is 96.5 Å². The largest absolute Gasteiger partial charge is 0.463 e. The molecule has 2 aliphatic rings. The summed E-state index contributed by atoms with van der Waals surface area (Å²) in [6.07, 6.45) is 6.04. The van der Waals surface area contributed by atoms with Crippen LogP contribution in [-0.4, -0.2) is 31.3 Å². The van der Waals surface area contributed by atoms with E-state index in [2.05, 4.69) is 0 Å². The number of carbonyl (C=O) groups excluding carboxylic acids is 1. The van der Waals surface area contributed by atoms with E-state index in [1.54, 1.807) is 0 Å². The van der Waals surface area contributed by atoms with Gasteiger partial charge in [-0.2, -0.15) is 0 Å². The number of hydrogen-bond donors (Lipinski definition) is 1. The highest BCUT2D eigenvalue weighted by Gasteiger charge is 2.29. The summed E-state index contributed by atoms with van der Waals surface area (Å²) >= 11 is 0. The van der Waals surface area contributed by atoms with Crippen LogP contribution in [0.15, 0.2) is 0 Å². The van der Waals surface area contributed by atoms with Gasteiger partial charge in [0.15, 0.2) is 0 Å². The quantitative estimate of drug-likeness (QED) is 0.736. The van der Waals surface area contributed by atoms with Gasteiger partial charge >= 0.3 is 5.97 Å². The average molecular weight is 227 g/mol. The average Bonchev–Trinajstić information content (AvgIpc) is 2.74. The van der Waals surface area contributed by atoms with E-state index < -0.39 is 0 Å². The molecule has 2 fully saturated rings. The van der Waals surface area contributed by atoms with Crippen molar-refractivity contribution in [1.29, 1.82) is 0 Å². The predicted octanol–water partition coefficient (Wildman–Crippen LogP) is 1.23. The van der Waals surface area contributed by atoms with Gasteiger partial charge in [-0.3, -0.25) is 4.79 Å². The summed E-state index contributed by atoms with van der Waals surface area (Å²) in [4.78, 5) is 11.7. The molecule has 0 aromatic carbocycles. The fourth-order valence-electron chi connectivity index (χ4n) is 2.46. The second-order valence-electron chi connectivity index (χ2n) is 4.89. The fraction of sp³-hybridized carbons (Fsp3) is 0.917. The van der Waals surface area contributed by atoms with Crippen molar-refractivity contribution >= 4 is 5.97 Å². The molecule has 2 rings (SSSR count). The van der Waals surface area contributed by atoms with Gasteiger partial charge in [0.25, 0.3) is 0 Å². The van der Waals surface area contributed by atoms with Crippen molar-refractivity contribution in [3.05, 3.63) is 0 Å². The van der Waals surface area contributed by atoms with Crippen molar-refractivity contribution in [2.75, 3.05) is 13.2 Å². The molecule has 1 saturated heterocycles. The van der Waals surface area contributed by atoms with Gasteiger partial charge in [-0.1, -0.05) is 0 Å². The monoisotopic (exact) mass is 227 g/mol. The number of nitrogens with two attached hydrogens (primary N) is 1. The topological polar surface area (TPSA) is 61.6 Å². The Hall–Kier alpha value is -0.610. The molecule has 4 heteroatoms. The minimum absolute atomic E-state index is 0.0265. The lowest BCUT2D eigenvalue weighted by atomic mass is 10.1. The number of rotatable bonds is 3. The van der Waals surface area contributed by atoms with Gasteiger partial charge in [-0.05, 0) is 38.5 Å². The molecule has 1 saturated carbocycles. The van der Waals surface area contributed by atoms with Crippen molar-refractivity contribution < 1.29 is 14.3 Å². The first-order chi connectivity index (χ1) is 7.75. The van der Waals surface area contributed by atoms with Gasteiger partial charge in [0.2, 0.25) is 0 Å². The summed E-state index contributed by atoms with van der Waals surface area (Å²) in [5, 5.41) is 0. The molecule has 0 amide bonds. The Kier molecular flexibility index (Phi) is 4.18. The van der Waals surface area contributed by atoms with Crippen LogP contribution in [0, 0.1) is 5.92 Å². The number of ether oxygens (including phenoxy) is 2. The van der Waals surface area contributed by atoms with E-state index in [0.29, 0.717) is 6.61 Å². The Morgan fingerprint density at radius 1 is 1.31 bits per heavy atom. The van der Waals surface area contributed by atoms with E-state index in [0.717, 1.165) is 38.7 Å². The van der Waals surface area contributed by atoms with Crippen molar-refractivity contribution in [1.82, 2.24) is 0 Å². The molecule has 1 heterocycles. The van der Waals surface area contributed by atoms with Gasteiger partial charge in [0.05, 0.1) is 12.0 Å². The Balaban J connectivity index is 1.67. The summed E-state index contributed by atoms with van der Waals surface area (Å²) in [6.45, 7) is 1.22. The maximum absolute atomic E-state index is 11.7. The molecular formula is C12H21NO3. The maximum Gasteiger partial charge on any atom is 0.309 e. The Bertz CT molecular complexity index is 238. The van der Waals surface area contributed by atoms with Gasteiger partial charge < -0.3 is 15.2 Å². The zero-order chi connectivity index (χ0) is 11.4. The highest BCUT2D eigenvalue weighted by atomic mass is 16.6. The summed E-state index contributed by atoms with van der Waals surface area (Å²) in [5.41, 5.74) is 5.77. The molecular weight excluding hydrogens is 206 g/mol. The van der Waals surface area contributed by atoms with E-state index in [1.165, 1.54) is 6.42 Å². The van der Waals surface area contributed by atoms with Crippen molar-refractivity contribution in [2.45, 2.75) is 50.7 Å².